The first kappa shape index (κ1) is 24.1. The molecule has 2 aromatic carbocycles. The lowest BCUT2D eigenvalue weighted by Crippen LogP contribution is -2.29. The average molecular weight is 476 g/mol. The van der Waals surface area contributed by atoms with Gasteiger partial charge in [0.2, 0.25) is 0 Å². The van der Waals surface area contributed by atoms with Crippen LogP contribution in [-0.4, -0.2) is 34.9 Å². The van der Waals surface area contributed by atoms with Gasteiger partial charge in [0.25, 0.3) is 11.7 Å². The van der Waals surface area contributed by atoms with Crippen molar-refractivity contribution < 1.29 is 28.6 Å². The summed E-state index contributed by atoms with van der Waals surface area (Å²) in [7, 11) is 1.57. The van der Waals surface area contributed by atoms with Crippen LogP contribution in [0.1, 0.15) is 48.1 Å². The molecular weight excluding hydrogens is 446 g/mol. The number of methoxy groups -OCH3 is 1. The Bertz CT molecular complexity index is 1300. The van der Waals surface area contributed by atoms with E-state index in [-0.39, 0.29) is 24.0 Å². The second kappa shape index (κ2) is 9.70. The van der Waals surface area contributed by atoms with Crippen LogP contribution >= 0.6 is 0 Å². The van der Waals surface area contributed by atoms with Crippen molar-refractivity contribution in [2.75, 3.05) is 7.11 Å². The van der Waals surface area contributed by atoms with E-state index in [0.717, 1.165) is 11.1 Å². The molecule has 1 N–H and O–H groups in total. The fourth-order valence-corrected chi connectivity index (χ4v) is 4.25. The van der Waals surface area contributed by atoms with Gasteiger partial charge in [-0.2, -0.15) is 0 Å². The van der Waals surface area contributed by atoms with Gasteiger partial charge in [-0.25, -0.2) is 0 Å². The largest absolute Gasteiger partial charge is 0.507 e. The third-order valence-corrected chi connectivity index (χ3v) is 5.87. The van der Waals surface area contributed by atoms with Gasteiger partial charge in [0.05, 0.1) is 18.8 Å². The molecule has 1 aromatic heterocycles. The third kappa shape index (κ3) is 4.80. The molecule has 35 heavy (non-hydrogen) atoms. The predicted molar refractivity (Wildman–Crippen MR) is 131 cm³/mol. The molecule has 7 heteroatoms. The number of aryl methyl sites for hydroxylation is 2. The molecule has 2 heterocycles. The molecule has 0 spiro atoms. The number of likely N-dealkylation sites (tertiary alicyclic amines) is 1. The monoisotopic (exact) mass is 475 g/mol. The zero-order chi connectivity index (χ0) is 25.3. The number of rotatable bonds is 7. The lowest BCUT2D eigenvalue weighted by molar-refractivity contribution is -0.140. The number of Topliss-reactive ketones (excluding diaryl/α,β-unsaturated/α-hetero) is 1. The Morgan fingerprint density at radius 2 is 1.86 bits per heavy atom. The van der Waals surface area contributed by atoms with Crippen LogP contribution in [0.2, 0.25) is 0 Å². The molecular formula is C28H29NO6. The van der Waals surface area contributed by atoms with Gasteiger partial charge in [0, 0.05) is 12.1 Å². The minimum Gasteiger partial charge on any atom is -0.507 e. The highest BCUT2D eigenvalue weighted by Gasteiger charge is 2.47. The molecule has 3 aromatic rings. The first-order valence-electron chi connectivity index (χ1n) is 11.4. The fraction of sp³-hybridized carbons (Fsp3) is 0.286. The molecule has 4 rings (SSSR count). The van der Waals surface area contributed by atoms with E-state index in [1.54, 1.807) is 56.5 Å². The number of amides is 1. The van der Waals surface area contributed by atoms with Crippen molar-refractivity contribution in [3.05, 3.63) is 88.4 Å². The molecule has 0 aliphatic carbocycles. The van der Waals surface area contributed by atoms with E-state index in [0.29, 0.717) is 28.6 Å². The lowest BCUT2D eigenvalue weighted by Gasteiger charge is -2.23. The summed E-state index contributed by atoms with van der Waals surface area (Å²) in [4.78, 5) is 27.8. The normalized spacial score (nSPS) is 17.3. The van der Waals surface area contributed by atoms with Crippen LogP contribution in [0.5, 0.6) is 11.5 Å². The van der Waals surface area contributed by atoms with Gasteiger partial charge in [-0.15, -0.1) is 0 Å². The second-order valence-corrected chi connectivity index (χ2v) is 8.87. The smallest absolute Gasteiger partial charge is 0.296 e. The van der Waals surface area contributed by atoms with Crippen LogP contribution in [0.25, 0.3) is 5.76 Å². The fourth-order valence-electron chi connectivity index (χ4n) is 4.25. The summed E-state index contributed by atoms with van der Waals surface area (Å²) in [6.07, 6.45) is -0.00252. The maximum atomic E-state index is 13.2. The maximum Gasteiger partial charge on any atom is 0.296 e. The van der Waals surface area contributed by atoms with Gasteiger partial charge in [-0.05, 0) is 81.3 Å². The molecule has 0 bridgehead atoms. The number of benzene rings is 2. The van der Waals surface area contributed by atoms with Crippen LogP contribution in [0.4, 0.5) is 0 Å². The van der Waals surface area contributed by atoms with Crippen LogP contribution in [0.3, 0.4) is 0 Å². The molecule has 182 valence electrons. The van der Waals surface area contributed by atoms with Crippen molar-refractivity contribution in [2.24, 2.45) is 0 Å². The number of nitrogens with zero attached hydrogens (tertiary/aromatic N) is 1. The van der Waals surface area contributed by atoms with Gasteiger partial charge >= 0.3 is 0 Å². The van der Waals surface area contributed by atoms with Crippen molar-refractivity contribution in [3.63, 3.8) is 0 Å². The number of hydrogen-bond donors (Lipinski definition) is 1. The number of hydrogen-bond acceptors (Lipinski definition) is 6. The van der Waals surface area contributed by atoms with Crippen molar-refractivity contribution in [2.45, 2.75) is 46.4 Å². The van der Waals surface area contributed by atoms with Gasteiger partial charge in [-0.1, -0.05) is 12.1 Å². The Hall–Kier alpha value is -4.00. The number of aliphatic hydroxyl groups is 1. The number of aliphatic hydroxyl groups excluding tert-OH is 1. The molecule has 1 amide bonds. The highest BCUT2D eigenvalue weighted by atomic mass is 16.5. The highest BCUT2D eigenvalue weighted by Crippen LogP contribution is 2.41. The van der Waals surface area contributed by atoms with Gasteiger partial charge in [0.15, 0.2) is 0 Å². The summed E-state index contributed by atoms with van der Waals surface area (Å²) < 4.78 is 16.9. The molecule has 1 aliphatic rings. The number of ether oxygens (including phenoxy) is 2. The first-order valence-corrected chi connectivity index (χ1v) is 11.4. The Morgan fingerprint density at radius 3 is 2.49 bits per heavy atom. The average Bonchev–Trinajstić information content (AvgIpc) is 3.36. The molecule has 1 aliphatic heterocycles. The molecule has 0 saturated carbocycles. The summed E-state index contributed by atoms with van der Waals surface area (Å²) >= 11 is 0. The first-order chi connectivity index (χ1) is 16.7. The molecule has 7 nitrogen and oxygen atoms in total. The summed E-state index contributed by atoms with van der Waals surface area (Å²) in [5.74, 6) is 0.654. The standard InChI is InChI=1S/C28H29NO6/c1-16(2)34-22-12-10-20(13-17(22)3)26(30)24-25(23-11-9-18(4)35-23)29(28(32)27(24)31)15-19-7-6-8-21(14-19)33-5/h6-14,16,25,30H,15H2,1-5H3/b26-24-. The zero-order valence-electron chi connectivity index (χ0n) is 20.5. The molecule has 1 fully saturated rings. The number of carbonyl (C=O) groups is 2. The van der Waals surface area contributed by atoms with E-state index in [1.165, 1.54) is 4.90 Å². The Kier molecular flexibility index (Phi) is 6.69. The molecule has 1 saturated heterocycles. The minimum atomic E-state index is -0.873. The quantitative estimate of drug-likeness (QED) is 0.283. The molecule has 1 unspecified atom stereocenters. The van der Waals surface area contributed by atoms with Crippen molar-refractivity contribution in [3.8, 4) is 11.5 Å². The number of carbonyl (C=O) groups excluding carboxylic acids is 2. The summed E-state index contributed by atoms with van der Waals surface area (Å²) in [5, 5.41) is 11.3. The van der Waals surface area contributed by atoms with E-state index in [1.807, 2.05) is 32.9 Å². The summed E-state index contributed by atoms with van der Waals surface area (Å²) in [6, 6.07) is 15.1. The van der Waals surface area contributed by atoms with E-state index in [4.69, 9.17) is 13.9 Å². The van der Waals surface area contributed by atoms with Gasteiger partial charge in [0.1, 0.15) is 34.8 Å². The van der Waals surface area contributed by atoms with E-state index in [2.05, 4.69) is 0 Å². The topological polar surface area (TPSA) is 89.2 Å². The van der Waals surface area contributed by atoms with Crippen LogP contribution < -0.4 is 9.47 Å². The van der Waals surface area contributed by atoms with Crippen molar-refractivity contribution >= 4 is 17.4 Å². The number of ketones is 1. The van der Waals surface area contributed by atoms with E-state index >= 15 is 0 Å². The SMILES string of the molecule is COc1cccc(CN2C(=O)C(=O)/C(=C(\O)c3ccc(OC(C)C)c(C)c3)C2c2ccc(C)o2)c1. The second-order valence-electron chi connectivity index (χ2n) is 8.87. The number of furan rings is 1. The van der Waals surface area contributed by atoms with Crippen LogP contribution in [0.15, 0.2) is 64.6 Å². The Labute approximate surface area is 204 Å². The highest BCUT2D eigenvalue weighted by molar-refractivity contribution is 6.46. The van der Waals surface area contributed by atoms with Crippen LogP contribution in [-0.2, 0) is 16.1 Å². The third-order valence-electron chi connectivity index (χ3n) is 5.87. The Balaban J connectivity index is 1.80. The van der Waals surface area contributed by atoms with Crippen LogP contribution in [0, 0.1) is 13.8 Å². The summed E-state index contributed by atoms with van der Waals surface area (Å²) in [5.41, 5.74) is 2.00. The van der Waals surface area contributed by atoms with Gasteiger partial charge < -0.3 is 23.9 Å². The molecule has 1 atom stereocenters. The van der Waals surface area contributed by atoms with E-state index in [9.17, 15) is 14.7 Å². The van der Waals surface area contributed by atoms with E-state index < -0.39 is 17.7 Å². The summed E-state index contributed by atoms with van der Waals surface area (Å²) in [6.45, 7) is 7.66. The van der Waals surface area contributed by atoms with Crippen molar-refractivity contribution in [1.29, 1.82) is 0 Å². The van der Waals surface area contributed by atoms with Gasteiger partial charge in [-0.3, -0.25) is 9.59 Å². The maximum absolute atomic E-state index is 13.2. The van der Waals surface area contributed by atoms with Crippen molar-refractivity contribution in [1.82, 2.24) is 4.90 Å². The molecule has 0 radical (unpaired) electrons. The predicted octanol–water partition coefficient (Wildman–Crippen LogP) is 5.31. The lowest BCUT2D eigenvalue weighted by atomic mass is 9.98. The Morgan fingerprint density at radius 1 is 1.09 bits per heavy atom. The zero-order valence-corrected chi connectivity index (χ0v) is 20.5. The minimum absolute atomic E-state index is 0.00252.